The summed E-state index contributed by atoms with van der Waals surface area (Å²) >= 11 is 5.70. The predicted molar refractivity (Wildman–Crippen MR) is 105 cm³/mol. The molecule has 0 aliphatic carbocycles. The highest BCUT2D eigenvalue weighted by atomic mass is 35.5. The second kappa shape index (κ2) is 8.95. The van der Waals surface area contributed by atoms with Gasteiger partial charge in [0.25, 0.3) is 5.91 Å². The number of likely N-dealkylation sites (tertiary alicyclic amines) is 1. The van der Waals surface area contributed by atoms with Crippen molar-refractivity contribution in [2.24, 2.45) is 0 Å². The van der Waals surface area contributed by atoms with E-state index in [9.17, 15) is 9.18 Å². The third-order valence-electron chi connectivity index (χ3n) is 4.26. The van der Waals surface area contributed by atoms with Crippen LogP contribution >= 0.6 is 11.6 Å². The number of aromatic nitrogens is 2. The van der Waals surface area contributed by atoms with Crippen molar-refractivity contribution < 1.29 is 24.5 Å². The fourth-order valence-electron chi connectivity index (χ4n) is 2.59. The number of rotatable bonds is 6. The van der Waals surface area contributed by atoms with Gasteiger partial charge in [-0.2, -0.15) is 0 Å². The van der Waals surface area contributed by atoms with Gasteiger partial charge in [0.05, 0.1) is 5.02 Å². The Kier molecular flexibility index (Phi) is 3.99. The molecule has 0 spiro atoms. The highest BCUT2D eigenvalue weighted by Gasteiger charge is 2.35. The van der Waals surface area contributed by atoms with Crippen LogP contribution in [0.5, 0.6) is 0 Å². The lowest BCUT2D eigenvalue weighted by Gasteiger charge is -2.36. The van der Waals surface area contributed by atoms with Crippen LogP contribution in [-0.4, -0.2) is 39.5 Å². The number of piperidine rings is 1. The molecule has 1 aliphatic heterocycles. The summed E-state index contributed by atoms with van der Waals surface area (Å²) in [4.78, 5) is 21.1. The Labute approximate surface area is 180 Å². The van der Waals surface area contributed by atoms with Gasteiger partial charge in [0.15, 0.2) is 0 Å². The number of halogens is 3. The molecule has 1 unspecified atom stereocenters. The lowest BCUT2D eigenvalue weighted by Crippen LogP contribution is -2.44. The SMILES string of the molecule is [2H]C([2H])(C)c1cnc(C([2H])([2H])CCC2(F)CC([2H])([2H])N(C(=O)c3ccc(F)c(Cl)c3)CC2([2H])[2H])nc1. The summed E-state index contributed by atoms with van der Waals surface area (Å²) in [6.45, 7) is -2.33. The van der Waals surface area contributed by atoms with Gasteiger partial charge in [0.1, 0.15) is 17.3 Å². The molecular formula is C21H24ClF2N3O. The maximum absolute atomic E-state index is 16.0. The minimum atomic E-state index is -2.85. The summed E-state index contributed by atoms with van der Waals surface area (Å²) in [5.41, 5.74) is -2.92. The Bertz CT molecular complexity index is 1150. The third-order valence-corrected chi connectivity index (χ3v) is 4.55. The standard InChI is InChI=1S/C21H24ClF2N3O/c1-2-15-13-25-19(26-14-15)4-3-7-21(24)8-10-27(11-9-21)20(28)16-5-6-18(23)17(22)12-16/h5-6,12-14H,2-4,7-11H2,1H3/i2D2,4D2,8D2,11D2. The number of alkyl halides is 1. The van der Waals surface area contributed by atoms with Crippen LogP contribution in [0.4, 0.5) is 8.78 Å². The van der Waals surface area contributed by atoms with Gasteiger partial charge in [-0.15, -0.1) is 0 Å². The molecular weight excluding hydrogens is 384 g/mol. The molecule has 28 heavy (non-hydrogen) atoms. The van der Waals surface area contributed by atoms with Gasteiger partial charge in [-0.25, -0.2) is 18.7 Å². The molecule has 0 saturated carbocycles. The normalized spacial score (nSPS) is 28.5. The van der Waals surface area contributed by atoms with Gasteiger partial charge in [-0.05, 0) is 55.8 Å². The lowest BCUT2D eigenvalue weighted by molar-refractivity contribution is 0.0389. The molecule has 4 nitrogen and oxygen atoms in total. The molecule has 0 bridgehead atoms. The van der Waals surface area contributed by atoms with Crippen molar-refractivity contribution in [1.29, 1.82) is 0 Å². The van der Waals surface area contributed by atoms with E-state index in [-0.39, 0.29) is 22.0 Å². The lowest BCUT2D eigenvalue weighted by atomic mass is 9.88. The Morgan fingerprint density at radius 1 is 1.43 bits per heavy atom. The molecule has 1 aromatic heterocycles. The first-order valence-electron chi connectivity index (χ1n) is 12.6. The highest BCUT2D eigenvalue weighted by Crippen LogP contribution is 2.32. The first-order valence-corrected chi connectivity index (χ1v) is 8.96. The van der Waals surface area contributed by atoms with Crippen molar-refractivity contribution in [3.63, 3.8) is 0 Å². The van der Waals surface area contributed by atoms with Crippen molar-refractivity contribution in [3.8, 4) is 0 Å². The summed E-state index contributed by atoms with van der Waals surface area (Å²) in [6, 6.07) is 2.96. The van der Waals surface area contributed by atoms with Crippen LogP contribution in [0.3, 0.4) is 0 Å². The van der Waals surface area contributed by atoms with Crippen molar-refractivity contribution in [3.05, 3.63) is 58.4 Å². The van der Waals surface area contributed by atoms with Crippen LogP contribution in [-0.2, 0) is 12.7 Å². The van der Waals surface area contributed by atoms with E-state index in [0.29, 0.717) is 4.90 Å². The molecule has 0 N–H and O–H groups in total. The largest absolute Gasteiger partial charge is 0.338 e. The van der Waals surface area contributed by atoms with Gasteiger partial charge >= 0.3 is 0 Å². The van der Waals surface area contributed by atoms with E-state index in [2.05, 4.69) is 9.97 Å². The first kappa shape index (κ1) is 12.5. The minimum Gasteiger partial charge on any atom is -0.338 e. The first-order chi connectivity index (χ1) is 16.3. The van der Waals surface area contributed by atoms with Gasteiger partial charge in [-0.1, -0.05) is 18.5 Å². The Hall–Kier alpha value is -2.08. The number of carbonyl (C=O) groups excluding carboxylic acids is 1. The Balaban J connectivity index is 1.80. The monoisotopic (exact) mass is 415 g/mol. The van der Waals surface area contributed by atoms with Crippen molar-refractivity contribution in [2.75, 3.05) is 13.0 Å². The molecule has 3 rings (SSSR count). The summed E-state index contributed by atoms with van der Waals surface area (Å²) in [6.07, 6.45) is -6.99. The third kappa shape index (κ3) is 5.04. The molecule has 2 heterocycles. The quantitative estimate of drug-likeness (QED) is 0.680. The van der Waals surface area contributed by atoms with E-state index in [1.807, 2.05) is 0 Å². The van der Waals surface area contributed by atoms with E-state index in [1.165, 1.54) is 6.92 Å². The fourth-order valence-corrected chi connectivity index (χ4v) is 2.77. The average Bonchev–Trinajstić information content (AvgIpc) is 2.76. The van der Waals surface area contributed by atoms with E-state index in [1.54, 1.807) is 0 Å². The minimum absolute atomic E-state index is 0.119. The van der Waals surface area contributed by atoms with Crippen molar-refractivity contribution in [1.82, 2.24) is 14.9 Å². The molecule has 0 radical (unpaired) electrons. The molecule has 1 aliphatic rings. The van der Waals surface area contributed by atoms with E-state index >= 15 is 4.39 Å². The second-order valence-corrected chi connectivity index (χ2v) is 6.63. The molecule has 1 fully saturated rings. The van der Waals surface area contributed by atoms with E-state index < -0.39 is 68.8 Å². The summed E-state index contributed by atoms with van der Waals surface area (Å²) in [7, 11) is 0. The van der Waals surface area contributed by atoms with Gasteiger partial charge in [0.2, 0.25) is 0 Å². The van der Waals surface area contributed by atoms with Crippen molar-refractivity contribution >= 4 is 17.5 Å². The topological polar surface area (TPSA) is 46.1 Å². The van der Waals surface area contributed by atoms with Crippen LogP contribution in [0.2, 0.25) is 5.02 Å². The van der Waals surface area contributed by atoms with Crippen LogP contribution < -0.4 is 0 Å². The maximum Gasteiger partial charge on any atom is 0.253 e. The Morgan fingerprint density at radius 3 is 2.86 bits per heavy atom. The van der Waals surface area contributed by atoms with E-state index in [0.717, 1.165) is 30.6 Å². The van der Waals surface area contributed by atoms with E-state index in [4.69, 9.17) is 22.6 Å². The molecule has 1 saturated heterocycles. The second-order valence-electron chi connectivity index (χ2n) is 6.22. The van der Waals surface area contributed by atoms with Crippen LogP contribution in [0.1, 0.15) is 65.3 Å². The highest BCUT2D eigenvalue weighted by molar-refractivity contribution is 6.31. The summed E-state index contributed by atoms with van der Waals surface area (Å²) in [5.74, 6) is -2.13. The molecule has 2 aromatic rings. The zero-order valence-corrected chi connectivity index (χ0v) is 15.9. The smallest absolute Gasteiger partial charge is 0.253 e. The van der Waals surface area contributed by atoms with Crippen LogP contribution in [0, 0.1) is 5.82 Å². The molecule has 150 valence electrons. The number of hydrogen-bond donors (Lipinski definition) is 0. The summed E-state index contributed by atoms with van der Waals surface area (Å²) < 4.78 is 94.4. The maximum atomic E-state index is 16.0. The van der Waals surface area contributed by atoms with Gasteiger partial charge < -0.3 is 4.90 Å². The molecule has 7 heteroatoms. The number of carbonyl (C=O) groups is 1. The fraction of sp³-hybridized carbons (Fsp3) is 0.476. The molecule has 1 amide bonds. The number of aryl methyl sites for hydroxylation is 2. The summed E-state index contributed by atoms with van der Waals surface area (Å²) in [5, 5.41) is -0.381. The number of amides is 1. The zero-order chi connectivity index (χ0) is 27.3. The average molecular weight is 416 g/mol. The van der Waals surface area contributed by atoms with Gasteiger partial charge in [0, 0.05) is 48.3 Å². The zero-order valence-electron chi connectivity index (χ0n) is 23.1. The van der Waals surface area contributed by atoms with Crippen molar-refractivity contribution in [2.45, 2.75) is 51.0 Å². The predicted octanol–water partition coefficient (Wildman–Crippen LogP) is 4.80. The molecule has 1 atom stereocenters. The van der Waals surface area contributed by atoms with Crippen LogP contribution in [0.25, 0.3) is 0 Å². The number of nitrogens with zero attached hydrogens (tertiary/aromatic N) is 3. The number of hydrogen-bond acceptors (Lipinski definition) is 3. The molecule has 1 aromatic carbocycles. The van der Waals surface area contributed by atoms with Gasteiger partial charge in [-0.3, -0.25) is 4.79 Å². The number of benzene rings is 1. The van der Waals surface area contributed by atoms with Crippen LogP contribution in [0.15, 0.2) is 30.6 Å². The Morgan fingerprint density at radius 2 is 2.18 bits per heavy atom.